The number of hydrogen-bond acceptors (Lipinski definition) is 2. The normalized spacial score (nSPS) is 16.4. The molecule has 0 amide bonds. The van der Waals surface area contributed by atoms with E-state index in [4.69, 9.17) is 4.98 Å². The first-order chi connectivity index (χ1) is 17.7. The Morgan fingerprint density at radius 3 is 2.08 bits per heavy atom. The quantitative estimate of drug-likeness (QED) is 0.256. The van der Waals surface area contributed by atoms with Gasteiger partial charge >= 0.3 is 0 Å². The number of benzene rings is 3. The van der Waals surface area contributed by atoms with Crippen molar-refractivity contribution in [2.24, 2.45) is 0 Å². The van der Waals surface area contributed by atoms with Gasteiger partial charge in [0.05, 0.1) is 11.4 Å². The first-order valence-electron chi connectivity index (χ1n) is 13.8. The first-order valence-corrected chi connectivity index (χ1v) is 13.8. The predicted molar refractivity (Wildman–Crippen MR) is 151 cm³/mol. The van der Waals surface area contributed by atoms with Crippen molar-refractivity contribution in [3.8, 4) is 22.6 Å². The first kappa shape index (κ1) is 24.5. The number of hydrogen-bond donors (Lipinski definition) is 0. The number of rotatable bonds is 8. The molecule has 3 aromatic carbocycles. The third kappa shape index (κ3) is 4.77. The molecule has 2 heterocycles. The number of nitrogens with zero attached hydrogens (tertiary/aromatic N) is 3. The monoisotopic (exact) mass is 477 g/mol. The highest BCUT2D eigenvalue weighted by Crippen LogP contribution is 2.37. The molecule has 5 rings (SSSR count). The molecular weight excluding hydrogens is 438 g/mol. The maximum Gasteiger partial charge on any atom is 0.141 e. The van der Waals surface area contributed by atoms with E-state index >= 15 is 0 Å². The van der Waals surface area contributed by atoms with Crippen LogP contribution in [0.1, 0.15) is 68.5 Å². The summed E-state index contributed by atoms with van der Waals surface area (Å²) in [5.41, 5.74) is 9.24. The molecule has 0 saturated carbocycles. The van der Waals surface area contributed by atoms with Gasteiger partial charge in [0.2, 0.25) is 0 Å². The molecule has 186 valence electrons. The van der Waals surface area contributed by atoms with E-state index in [-0.39, 0.29) is 0 Å². The van der Waals surface area contributed by atoms with Crippen LogP contribution in [0.4, 0.5) is 0 Å². The smallest absolute Gasteiger partial charge is 0.141 e. The van der Waals surface area contributed by atoms with Crippen LogP contribution in [0.5, 0.6) is 0 Å². The summed E-state index contributed by atoms with van der Waals surface area (Å²) >= 11 is 0. The molecule has 1 aliphatic heterocycles. The van der Waals surface area contributed by atoms with E-state index in [2.05, 4.69) is 109 Å². The third-order valence-electron chi connectivity index (χ3n) is 7.81. The summed E-state index contributed by atoms with van der Waals surface area (Å²) in [6.45, 7) is 9.75. The minimum Gasteiger partial charge on any atom is -0.327 e. The van der Waals surface area contributed by atoms with Crippen molar-refractivity contribution in [1.82, 2.24) is 14.5 Å². The molecule has 0 aliphatic carbocycles. The predicted octanol–water partition coefficient (Wildman–Crippen LogP) is 8.09. The molecule has 1 atom stereocenters. The Hall–Kier alpha value is -3.17. The highest BCUT2D eigenvalue weighted by atomic mass is 15.2. The van der Waals surface area contributed by atoms with Crippen LogP contribution < -0.4 is 0 Å². The lowest BCUT2D eigenvalue weighted by Crippen LogP contribution is -2.33. The topological polar surface area (TPSA) is 21.1 Å². The zero-order chi connectivity index (χ0) is 24.9. The lowest BCUT2D eigenvalue weighted by Gasteiger charge is -2.36. The van der Waals surface area contributed by atoms with E-state index in [1.807, 2.05) is 0 Å². The standard InChI is InChI=1S/C33H39N3/c1-4-25-20-15-21-26(5-2)31(25)33-34-32(28-18-11-8-12-19-28)30(36(33)6-3)24-35-23-14-13-22-29(35)27-16-9-7-10-17-27/h7-12,15-21,29H,4-6,13-14,22-24H2,1-3H3. The minimum atomic E-state index is 0.460. The molecule has 0 N–H and O–H groups in total. The second-order valence-corrected chi connectivity index (χ2v) is 9.89. The largest absolute Gasteiger partial charge is 0.327 e. The molecule has 1 aromatic heterocycles. The van der Waals surface area contributed by atoms with Crippen molar-refractivity contribution >= 4 is 0 Å². The van der Waals surface area contributed by atoms with E-state index in [0.717, 1.165) is 44.0 Å². The SMILES string of the molecule is CCc1cccc(CC)c1-c1nc(-c2ccccc2)c(CN2CCCCC2c2ccccc2)n1CC. The second kappa shape index (κ2) is 11.3. The van der Waals surface area contributed by atoms with Crippen LogP contribution in [0, 0.1) is 0 Å². The molecule has 3 nitrogen and oxygen atoms in total. The van der Waals surface area contributed by atoms with Crippen LogP contribution in [-0.2, 0) is 25.9 Å². The van der Waals surface area contributed by atoms with Gasteiger partial charge in [-0.05, 0) is 55.8 Å². The molecule has 0 radical (unpaired) electrons. The van der Waals surface area contributed by atoms with Crippen molar-refractivity contribution in [1.29, 1.82) is 0 Å². The number of imidazole rings is 1. The number of aromatic nitrogens is 2. The molecule has 1 fully saturated rings. The lowest BCUT2D eigenvalue weighted by atomic mass is 9.95. The highest BCUT2D eigenvalue weighted by molar-refractivity contribution is 5.72. The van der Waals surface area contributed by atoms with E-state index < -0.39 is 0 Å². The van der Waals surface area contributed by atoms with E-state index in [1.54, 1.807) is 0 Å². The van der Waals surface area contributed by atoms with Crippen molar-refractivity contribution in [2.45, 2.75) is 72.0 Å². The summed E-state index contributed by atoms with van der Waals surface area (Å²) in [7, 11) is 0. The number of piperidine rings is 1. The van der Waals surface area contributed by atoms with Gasteiger partial charge in [-0.1, -0.05) is 99.1 Å². The third-order valence-corrected chi connectivity index (χ3v) is 7.81. The summed E-state index contributed by atoms with van der Waals surface area (Å²) < 4.78 is 2.51. The Kier molecular flexibility index (Phi) is 7.67. The zero-order valence-electron chi connectivity index (χ0n) is 22.1. The fourth-order valence-electron chi connectivity index (χ4n) is 5.96. The molecule has 0 spiro atoms. The van der Waals surface area contributed by atoms with Gasteiger partial charge < -0.3 is 4.57 Å². The molecular formula is C33H39N3. The van der Waals surface area contributed by atoms with Crippen LogP contribution in [-0.4, -0.2) is 21.0 Å². The second-order valence-electron chi connectivity index (χ2n) is 9.89. The summed E-state index contributed by atoms with van der Waals surface area (Å²) in [6, 6.07) is 29.1. The molecule has 1 unspecified atom stereocenters. The summed E-state index contributed by atoms with van der Waals surface area (Å²) in [5, 5.41) is 0. The summed E-state index contributed by atoms with van der Waals surface area (Å²) in [4.78, 5) is 8.14. The highest BCUT2D eigenvalue weighted by Gasteiger charge is 2.28. The van der Waals surface area contributed by atoms with E-state index in [9.17, 15) is 0 Å². The maximum absolute atomic E-state index is 5.44. The van der Waals surface area contributed by atoms with Gasteiger partial charge in [-0.15, -0.1) is 0 Å². The Morgan fingerprint density at radius 2 is 1.44 bits per heavy atom. The summed E-state index contributed by atoms with van der Waals surface area (Å²) in [5.74, 6) is 1.13. The van der Waals surface area contributed by atoms with Crippen molar-refractivity contribution in [3.63, 3.8) is 0 Å². The fourth-order valence-corrected chi connectivity index (χ4v) is 5.96. The zero-order valence-corrected chi connectivity index (χ0v) is 22.1. The molecule has 1 saturated heterocycles. The average Bonchev–Trinajstić information content (AvgIpc) is 3.31. The van der Waals surface area contributed by atoms with Gasteiger partial charge in [0, 0.05) is 30.3 Å². The van der Waals surface area contributed by atoms with Gasteiger partial charge in [-0.3, -0.25) is 4.90 Å². The Morgan fingerprint density at radius 1 is 0.778 bits per heavy atom. The van der Waals surface area contributed by atoms with E-state index in [1.165, 1.54) is 52.8 Å². The maximum atomic E-state index is 5.44. The van der Waals surface area contributed by atoms with Crippen LogP contribution in [0.2, 0.25) is 0 Å². The van der Waals surface area contributed by atoms with Gasteiger partial charge in [-0.25, -0.2) is 4.98 Å². The summed E-state index contributed by atoms with van der Waals surface area (Å²) in [6.07, 6.45) is 5.80. The van der Waals surface area contributed by atoms with Gasteiger partial charge in [0.1, 0.15) is 5.82 Å². The van der Waals surface area contributed by atoms with Crippen molar-refractivity contribution in [2.75, 3.05) is 6.54 Å². The van der Waals surface area contributed by atoms with Gasteiger partial charge in [0.15, 0.2) is 0 Å². The Labute approximate surface area is 216 Å². The van der Waals surface area contributed by atoms with Crippen LogP contribution in [0.3, 0.4) is 0 Å². The molecule has 1 aliphatic rings. The van der Waals surface area contributed by atoms with Gasteiger partial charge in [-0.2, -0.15) is 0 Å². The van der Waals surface area contributed by atoms with Crippen molar-refractivity contribution in [3.05, 3.63) is 101 Å². The molecule has 4 aromatic rings. The van der Waals surface area contributed by atoms with Crippen LogP contribution >= 0.6 is 0 Å². The Bertz CT molecular complexity index is 1250. The van der Waals surface area contributed by atoms with Crippen LogP contribution in [0.15, 0.2) is 78.9 Å². The number of aryl methyl sites for hydroxylation is 2. The van der Waals surface area contributed by atoms with E-state index in [0.29, 0.717) is 6.04 Å². The Balaban J connectivity index is 1.66. The fraction of sp³-hybridized carbons (Fsp3) is 0.364. The average molecular weight is 478 g/mol. The van der Waals surface area contributed by atoms with Gasteiger partial charge in [0.25, 0.3) is 0 Å². The number of likely N-dealkylation sites (tertiary alicyclic amines) is 1. The van der Waals surface area contributed by atoms with Crippen molar-refractivity contribution < 1.29 is 0 Å². The minimum absolute atomic E-state index is 0.460. The van der Waals surface area contributed by atoms with Crippen LogP contribution in [0.25, 0.3) is 22.6 Å². The molecule has 36 heavy (non-hydrogen) atoms. The molecule has 0 bridgehead atoms. The molecule has 3 heteroatoms. The lowest BCUT2D eigenvalue weighted by molar-refractivity contribution is 0.137.